The molecule has 0 bridgehead atoms. The molecule has 0 fully saturated rings. The van der Waals surface area contributed by atoms with Gasteiger partial charge in [-0.2, -0.15) is 0 Å². The zero-order valence-electron chi connectivity index (χ0n) is 14.9. The standard InChI is InChI=1S/C22H14F2N2O3/c23-14-8-10-16(11-9-14)25-22(28)20-19(17-6-1-2-7-18(17)29-20)26-21(27)13-4-3-5-15(24)12-13/h1-12H,(H,25,28)(H,26,27). The normalized spacial score (nSPS) is 10.7. The topological polar surface area (TPSA) is 71.3 Å². The van der Waals surface area contributed by atoms with Gasteiger partial charge in [-0.25, -0.2) is 8.78 Å². The molecule has 0 radical (unpaired) electrons. The molecule has 3 aromatic carbocycles. The Bertz CT molecular complexity index is 1220. The number of benzene rings is 3. The number of carbonyl (C=O) groups is 2. The van der Waals surface area contributed by atoms with E-state index in [0.717, 1.165) is 6.07 Å². The van der Waals surface area contributed by atoms with Crippen LogP contribution in [-0.2, 0) is 0 Å². The molecule has 29 heavy (non-hydrogen) atoms. The number of fused-ring (bicyclic) bond motifs is 1. The monoisotopic (exact) mass is 392 g/mol. The summed E-state index contributed by atoms with van der Waals surface area (Å²) in [6.45, 7) is 0. The molecule has 4 aromatic rings. The fraction of sp³-hybridized carbons (Fsp3) is 0. The highest BCUT2D eigenvalue weighted by atomic mass is 19.1. The third-order valence-corrected chi connectivity index (χ3v) is 4.23. The number of hydrogen-bond acceptors (Lipinski definition) is 3. The molecule has 0 aliphatic rings. The smallest absolute Gasteiger partial charge is 0.293 e. The van der Waals surface area contributed by atoms with Crippen LogP contribution in [0.1, 0.15) is 20.9 Å². The third kappa shape index (κ3) is 3.84. The summed E-state index contributed by atoms with van der Waals surface area (Å²) in [6.07, 6.45) is 0. The number of rotatable bonds is 4. The van der Waals surface area contributed by atoms with E-state index in [9.17, 15) is 18.4 Å². The van der Waals surface area contributed by atoms with E-state index >= 15 is 0 Å². The van der Waals surface area contributed by atoms with Gasteiger partial charge in [-0.3, -0.25) is 9.59 Å². The lowest BCUT2D eigenvalue weighted by Crippen LogP contribution is -2.17. The molecule has 2 N–H and O–H groups in total. The molecule has 0 unspecified atom stereocenters. The first-order valence-corrected chi connectivity index (χ1v) is 8.66. The molecule has 2 amide bonds. The maximum atomic E-state index is 13.4. The number of furan rings is 1. The Morgan fingerprint density at radius 1 is 0.759 bits per heavy atom. The average molecular weight is 392 g/mol. The Balaban J connectivity index is 1.69. The maximum Gasteiger partial charge on any atom is 0.293 e. The first kappa shape index (κ1) is 18.4. The minimum absolute atomic E-state index is 0.0974. The van der Waals surface area contributed by atoms with Crippen LogP contribution in [0.3, 0.4) is 0 Å². The Kier molecular flexibility index (Phi) is 4.78. The van der Waals surface area contributed by atoms with Crippen LogP contribution in [0.4, 0.5) is 20.2 Å². The van der Waals surface area contributed by atoms with Gasteiger partial charge in [0, 0.05) is 16.6 Å². The van der Waals surface area contributed by atoms with Crippen molar-refractivity contribution in [2.24, 2.45) is 0 Å². The van der Waals surface area contributed by atoms with Crippen molar-refractivity contribution in [3.05, 3.63) is 95.8 Å². The first-order chi connectivity index (χ1) is 14.0. The molecule has 0 aliphatic heterocycles. The molecular formula is C22H14F2N2O3. The SMILES string of the molecule is O=C(Nc1c(C(=O)Nc2ccc(F)cc2)oc2ccccc12)c1cccc(F)c1. The van der Waals surface area contributed by atoms with E-state index in [4.69, 9.17) is 4.42 Å². The van der Waals surface area contributed by atoms with E-state index in [-0.39, 0.29) is 17.0 Å². The highest BCUT2D eigenvalue weighted by Gasteiger charge is 2.23. The van der Waals surface area contributed by atoms with E-state index in [1.807, 2.05) is 0 Å². The molecular weight excluding hydrogens is 378 g/mol. The molecule has 1 heterocycles. The molecule has 7 heteroatoms. The summed E-state index contributed by atoms with van der Waals surface area (Å²) in [5.74, 6) is -2.33. The number of hydrogen-bond donors (Lipinski definition) is 2. The zero-order valence-corrected chi connectivity index (χ0v) is 14.9. The van der Waals surface area contributed by atoms with Crippen molar-refractivity contribution >= 4 is 34.2 Å². The van der Waals surface area contributed by atoms with Crippen molar-refractivity contribution in [3.63, 3.8) is 0 Å². The molecule has 4 rings (SSSR count). The second-order valence-corrected chi connectivity index (χ2v) is 6.23. The Hall–Kier alpha value is -4.00. The molecule has 0 saturated carbocycles. The number of para-hydroxylation sites is 1. The van der Waals surface area contributed by atoms with Crippen LogP contribution in [-0.4, -0.2) is 11.8 Å². The van der Waals surface area contributed by atoms with Crippen LogP contribution in [0.2, 0.25) is 0 Å². The van der Waals surface area contributed by atoms with Gasteiger partial charge in [-0.1, -0.05) is 18.2 Å². The summed E-state index contributed by atoms with van der Waals surface area (Å²) >= 11 is 0. The zero-order chi connectivity index (χ0) is 20.4. The van der Waals surface area contributed by atoms with Crippen LogP contribution < -0.4 is 10.6 Å². The summed E-state index contributed by atoms with van der Waals surface area (Å²) in [5, 5.41) is 5.75. The van der Waals surface area contributed by atoms with Crippen molar-refractivity contribution < 1.29 is 22.8 Å². The summed E-state index contributed by atoms with van der Waals surface area (Å²) in [4.78, 5) is 25.3. The molecule has 0 atom stereocenters. The molecule has 144 valence electrons. The van der Waals surface area contributed by atoms with Gasteiger partial charge >= 0.3 is 0 Å². The predicted molar refractivity (Wildman–Crippen MR) is 105 cm³/mol. The van der Waals surface area contributed by atoms with Crippen LogP contribution in [0.25, 0.3) is 11.0 Å². The Morgan fingerprint density at radius 2 is 1.52 bits per heavy atom. The van der Waals surface area contributed by atoms with E-state index in [1.54, 1.807) is 24.3 Å². The quantitative estimate of drug-likeness (QED) is 0.500. The molecule has 5 nitrogen and oxygen atoms in total. The second kappa shape index (κ2) is 7.55. The van der Waals surface area contributed by atoms with Gasteiger partial charge < -0.3 is 15.1 Å². The summed E-state index contributed by atoms with van der Waals surface area (Å²) < 4.78 is 32.2. The number of amides is 2. The fourth-order valence-electron chi connectivity index (χ4n) is 2.87. The molecule has 0 aliphatic carbocycles. The van der Waals surface area contributed by atoms with Crippen LogP contribution >= 0.6 is 0 Å². The third-order valence-electron chi connectivity index (χ3n) is 4.23. The van der Waals surface area contributed by atoms with Gasteiger partial charge in [0.25, 0.3) is 11.8 Å². The fourth-order valence-corrected chi connectivity index (χ4v) is 2.87. The second-order valence-electron chi connectivity index (χ2n) is 6.23. The summed E-state index contributed by atoms with van der Waals surface area (Å²) in [5.41, 5.74) is 1.01. The largest absolute Gasteiger partial charge is 0.449 e. The number of halogens is 2. The Morgan fingerprint density at radius 3 is 2.28 bits per heavy atom. The highest BCUT2D eigenvalue weighted by molar-refractivity contribution is 6.16. The lowest BCUT2D eigenvalue weighted by atomic mass is 10.1. The van der Waals surface area contributed by atoms with Crippen molar-refractivity contribution in [2.75, 3.05) is 10.6 Å². The minimum Gasteiger partial charge on any atom is -0.449 e. The first-order valence-electron chi connectivity index (χ1n) is 8.66. The number of nitrogens with one attached hydrogen (secondary N) is 2. The molecule has 0 saturated heterocycles. The van der Waals surface area contributed by atoms with E-state index in [2.05, 4.69) is 10.6 Å². The van der Waals surface area contributed by atoms with Crippen molar-refractivity contribution in [1.29, 1.82) is 0 Å². The van der Waals surface area contributed by atoms with Gasteiger partial charge in [-0.05, 0) is 54.6 Å². The van der Waals surface area contributed by atoms with Gasteiger partial charge in [0.1, 0.15) is 22.9 Å². The Labute approximate surface area is 164 Å². The van der Waals surface area contributed by atoms with Gasteiger partial charge in [0.2, 0.25) is 5.76 Å². The van der Waals surface area contributed by atoms with Gasteiger partial charge in [0.05, 0.1) is 0 Å². The highest BCUT2D eigenvalue weighted by Crippen LogP contribution is 2.32. The van der Waals surface area contributed by atoms with E-state index in [0.29, 0.717) is 16.7 Å². The van der Waals surface area contributed by atoms with Crippen molar-refractivity contribution in [3.8, 4) is 0 Å². The lowest BCUT2D eigenvalue weighted by Gasteiger charge is -2.07. The van der Waals surface area contributed by atoms with Crippen LogP contribution in [0, 0.1) is 11.6 Å². The summed E-state index contributed by atoms with van der Waals surface area (Å²) in [6, 6.07) is 17.2. The predicted octanol–water partition coefficient (Wildman–Crippen LogP) is 5.22. The number of anilines is 2. The molecule has 1 aromatic heterocycles. The van der Waals surface area contributed by atoms with Crippen molar-refractivity contribution in [2.45, 2.75) is 0 Å². The summed E-state index contributed by atoms with van der Waals surface area (Å²) in [7, 11) is 0. The molecule has 0 spiro atoms. The van der Waals surface area contributed by atoms with Crippen LogP contribution in [0.5, 0.6) is 0 Å². The van der Waals surface area contributed by atoms with E-state index in [1.165, 1.54) is 42.5 Å². The van der Waals surface area contributed by atoms with Gasteiger partial charge in [0.15, 0.2) is 0 Å². The lowest BCUT2D eigenvalue weighted by molar-refractivity contribution is 0.0999. The maximum absolute atomic E-state index is 13.4. The van der Waals surface area contributed by atoms with Crippen LogP contribution in [0.15, 0.2) is 77.2 Å². The van der Waals surface area contributed by atoms with Crippen molar-refractivity contribution in [1.82, 2.24) is 0 Å². The average Bonchev–Trinajstić information content (AvgIpc) is 3.08. The van der Waals surface area contributed by atoms with E-state index < -0.39 is 23.4 Å². The number of carbonyl (C=O) groups excluding carboxylic acids is 2. The minimum atomic E-state index is -0.623. The van der Waals surface area contributed by atoms with Gasteiger partial charge in [-0.15, -0.1) is 0 Å².